The zero-order valence-corrected chi connectivity index (χ0v) is 15.2. The first-order valence-corrected chi connectivity index (χ1v) is 9.87. The minimum absolute atomic E-state index is 0.103. The van der Waals surface area contributed by atoms with Gasteiger partial charge in [0.05, 0.1) is 19.4 Å². The second-order valence-corrected chi connectivity index (χ2v) is 7.71. The van der Waals surface area contributed by atoms with Crippen molar-refractivity contribution in [2.45, 2.75) is 25.1 Å². The van der Waals surface area contributed by atoms with Crippen molar-refractivity contribution < 1.29 is 17.5 Å². The molecule has 8 nitrogen and oxygen atoms in total. The van der Waals surface area contributed by atoms with E-state index < -0.39 is 21.6 Å². The van der Waals surface area contributed by atoms with E-state index in [2.05, 4.69) is 19.7 Å². The summed E-state index contributed by atoms with van der Waals surface area (Å²) in [5.41, 5.74) is 0.103. The van der Waals surface area contributed by atoms with Gasteiger partial charge in [0.25, 0.3) is 0 Å². The van der Waals surface area contributed by atoms with Gasteiger partial charge in [0.1, 0.15) is 5.82 Å². The van der Waals surface area contributed by atoms with Crippen LogP contribution >= 0.6 is 0 Å². The molecule has 3 rings (SSSR count). The third-order valence-electron chi connectivity index (χ3n) is 3.97. The average Bonchev–Trinajstić information content (AvgIpc) is 3.16. The highest BCUT2D eigenvalue weighted by Crippen LogP contribution is 2.18. The third kappa shape index (κ3) is 4.64. The fraction of sp³-hybridized carbons (Fsp3) is 0.438. The monoisotopic (exact) mass is 381 g/mol. The van der Waals surface area contributed by atoms with Gasteiger partial charge in [-0.05, 0) is 18.9 Å². The summed E-state index contributed by atoms with van der Waals surface area (Å²) in [6.07, 6.45) is 2.11. The van der Waals surface area contributed by atoms with E-state index in [0.717, 1.165) is 25.9 Å². The lowest BCUT2D eigenvalue weighted by molar-refractivity contribution is 0.375. The second kappa shape index (κ2) is 7.92. The highest BCUT2D eigenvalue weighted by atomic mass is 32.2. The Balaban J connectivity index is 1.72. The highest BCUT2D eigenvalue weighted by Gasteiger charge is 2.19. The van der Waals surface area contributed by atoms with Crippen molar-refractivity contribution in [3.05, 3.63) is 41.5 Å². The van der Waals surface area contributed by atoms with Crippen molar-refractivity contribution in [1.82, 2.24) is 19.7 Å². The van der Waals surface area contributed by atoms with E-state index in [4.69, 9.17) is 4.74 Å². The molecule has 2 heterocycles. The Hall–Kier alpha value is -2.33. The van der Waals surface area contributed by atoms with Crippen LogP contribution in [-0.4, -0.2) is 43.6 Å². The average molecular weight is 381 g/mol. The van der Waals surface area contributed by atoms with Crippen LogP contribution in [0, 0.1) is 5.82 Å². The Morgan fingerprint density at radius 3 is 2.62 bits per heavy atom. The molecule has 1 aliphatic heterocycles. The molecule has 1 aromatic carbocycles. The van der Waals surface area contributed by atoms with Crippen LogP contribution in [0.15, 0.2) is 24.3 Å². The van der Waals surface area contributed by atoms with Crippen molar-refractivity contribution in [3.63, 3.8) is 0 Å². The number of rotatable bonds is 7. The molecule has 0 atom stereocenters. The number of hydrogen-bond donors (Lipinski definition) is 1. The molecule has 10 heteroatoms. The molecular weight excluding hydrogens is 361 g/mol. The van der Waals surface area contributed by atoms with E-state index in [9.17, 15) is 12.8 Å². The molecule has 0 aliphatic carbocycles. The van der Waals surface area contributed by atoms with Crippen LogP contribution in [0.1, 0.15) is 24.2 Å². The van der Waals surface area contributed by atoms with Gasteiger partial charge in [0.15, 0.2) is 5.82 Å². The van der Waals surface area contributed by atoms with Crippen LogP contribution < -0.4 is 14.4 Å². The fourth-order valence-electron chi connectivity index (χ4n) is 2.66. The van der Waals surface area contributed by atoms with E-state index in [1.807, 2.05) is 4.90 Å². The lowest BCUT2D eigenvalue weighted by Gasteiger charge is -2.16. The molecular formula is C16H20FN5O3S. The molecule has 0 saturated carbocycles. The summed E-state index contributed by atoms with van der Waals surface area (Å²) in [7, 11) is -2.31. The quantitative estimate of drug-likeness (QED) is 0.770. The highest BCUT2D eigenvalue weighted by molar-refractivity contribution is 7.88. The van der Waals surface area contributed by atoms with Crippen LogP contribution in [0.4, 0.5) is 10.3 Å². The van der Waals surface area contributed by atoms with Gasteiger partial charge in [-0.3, -0.25) is 0 Å². The maximum Gasteiger partial charge on any atom is 0.321 e. The Bertz CT molecular complexity index is 872. The molecule has 1 saturated heterocycles. The Morgan fingerprint density at radius 2 is 1.92 bits per heavy atom. The SMILES string of the molecule is COc1nc(CNS(=O)(=O)Cc2ccccc2F)nc(N2CCCC2)n1. The lowest BCUT2D eigenvalue weighted by Crippen LogP contribution is -2.27. The minimum Gasteiger partial charge on any atom is -0.467 e. The predicted molar refractivity (Wildman–Crippen MR) is 93.7 cm³/mol. The van der Waals surface area contributed by atoms with Crippen molar-refractivity contribution >= 4 is 16.0 Å². The second-order valence-electron chi connectivity index (χ2n) is 5.90. The topological polar surface area (TPSA) is 97.3 Å². The molecule has 2 aromatic rings. The molecule has 0 spiro atoms. The van der Waals surface area contributed by atoms with Gasteiger partial charge < -0.3 is 9.64 Å². The predicted octanol–water partition coefficient (Wildman–Crippen LogP) is 1.24. The summed E-state index contributed by atoms with van der Waals surface area (Å²) in [5, 5.41) is 0. The Kier molecular flexibility index (Phi) is 5.62. The summed E-state index contributed by atoms with van der Waals surface area (Å²) >= 11 is 0. The van der Waals surface area contributed by atoms with E-state index in [-0.39, 0.29) is 23.9 Å². The number of hydrogen-bond acceptors (Lipinski definition) is 7. The lowest BCUT2D eigenvalue weighted by atomic mass is 10.2. The first kappa shape index (κ1) is 18.5. The molecule has 1 fully saturated rings. The molecule has 1 aromatic heterocycles. The van der Waals surface area contributed by atoms with Crippen LogP contribution in [0.3, 0.4) is 0 Å². The first-order chi connectivity index (χ1) is 12.5. The molecule has 0 unspecified atom stereocenters. The van der Waals surface area contributed by atoms with Gasteiger partial charge in [-0.15, -0.1) is 0 Å². The van der Waals surface area contributed by atoms with Gasteiger partial charge in [0.2, 0.25) is 16.0 Å². The normalized spacial score (nSPS) is 14.6. The van der Waals surface area contributed by atoms with E-state index in [1.54, 1.807) is 6.07 Å². The summed E-state index contributed by atoms with van der Waals surface area (Å²) in [4.78, 5) is 14.6. The molecule has 140 valence electrons. The third-order valence-corrected chi connectivity index (χ3v) is 5.25. The van der Waals surface area contributed by atoms with Gasteiger partial charge in [0, 0.05) is 18.7 Å². The van der Waals surface area contributed by atoms with Gasteiger partial charge in [-0.1, -0.05) is 18.2 Å². The maximum absolute atomic E-state index is 13.7. The molecule has 0 amide bonds. The maximum atomic E-state index is 13.7. The largest absolute Gasteiger partial charge is 0.467 e. The minimum atomic E-state index is -3.75. The van der Waals surface area contributed by atoms with Crippen LogP contribution in [-0.2, 0) is 22.3 Å². The summed E-state index contributed by atoms with van der Waals surface area (Å²) in [5.74, 6) is -0.300. The molecule has 1 aliphatic rings. The standard InChI is InChI=1S/C16H20FN5O3S/c1-25-16-20-14(19-15(21-16)22-8-4-5-9-22)10-18-26(23,24)11-12-6-2-3-7-13(12)17/h2-3,6-7,18H,4-5,8-11H2,1H3. The number of ether oxygens (including phenoxy) is 1. The summed E-state index contributed by atoms with van der Waals surface area (Å²) in [6, 6.07) is 5.89. The number of methoxy groups -OCH3 is 1. The van der Waals surface area contributed by atoms with E-state index in [1.165, 1.54) is 25.3 Å². The van der Waals surface area contributed by atoms with Gasteiger partial charge in [-0.2, -0.15) is 15.0 Å². The van der Waals surface area contributed by atoms with Crippen LogP contribution in [0.5, 0.6) is 6.01 Å². The number of halogens is 1. The van der Waals surface area contributed by atoms with E-state index in [0.29, 0.717) is 5.95 Å². The zero-order valence-electron chi connectivity index (χ0n) is 14.4. The number of aromatic nitrogens is 3. The summed E-state index contributed by atoms with van der Waals surface area (Å²) < 4.78 is 45.6. The van der Waals surface area contributed by atoms with Crippen LogP contribution in [0.2, 0.25) is 0 Å². The molecule has 26 heavy (non-hydrogen) atoms. The summed E-state index contributed by atoms with van der Waals surface area (Å²) in [6.45, 7) is 1.55. The smallest absolute Gasteiger partial charge is 0.321 e. The van der Waals surface area contributed by atoms with Gasteiger partial charge >= 0.3 is 6.01 Å². The van der Waals surface area contributed by atoms with Gasteiger partial charge in [-0.25, -0.2) is 17.5 Å². The van der Waals surface area contributed by atoms with Crippen molar-refractivity contribution in [2.24, 2.45) is 0 Å². The first-order valence-electron chi connectivity index (χ1n) is 8.21. The zero-order chi connectivity index (χ0) is 18.6. The number of benzene rings is 1. The van der Waals surface area contributed by atoms with E-state index >= 15 is 0 Å². The Labute approximate surface area is 151 Å². The van der Waals surface area contributed by atoms with Crippen molar-refractivity contribution in [3.8, 4) is 6.01 Å². The fourth-order valence-corrected chi connectivity index (χ4v) is 3.76. The molecule has 1 N–H and O–H groups in total. The number of nitrogens with one attached hydrogen (secondary N) is 1. The van der Waals surface area contributed by atoms with Crippen molar-refractivity contribution in [2.75, 3.05) is 25.1 Å². The Morgan fingerprint density at radius 1 is 1.19 bits per heavy atom. The van der Waals surface area contributed by atoms with Crippen LogP contribution in [0.25, 0.3) is 0 Å². The van der Waals surface area contributed by atoms with Crippen molar-refractivity contribution in [1.29, 1.82) is 0 Å². The molecule has 0 bridgehead atoms. The number of anilines is 1. The number of sulfonamides is 1. The number of nitrogens with zero attached hydrogens (tertiary/aromatic N) is 4. The molecule has 0 radical (unpaired) electrons.